The molecular weight excluding hydrogens is 240 g/mol. The molecule has 1 aliphatic heterocycles. The lowest BCUT2D eigenvalue weighted by molar-refractivity contribution is -0.118. The summed E-state index contributed by atoms with van der Waals surface area (Å²) < 4.78 is 5.35. The molecule has 104 valence electrons. The van der Waals surface area contributed by atoms with Crippen molar-refractivity contribution < 1.29 is 9.53 Å². The number of carbonyl (C=O) groups is 1. The lowest BCUT2D eigenvalue weighted by Gasteiger charge is -2.19. The molecule has 0 spiro atoms. The van der Waals surface area contributed by atoms with Crippen molar-refractivity contribution in [2.75, 3.05) is 18.5 Å². The summed E-state index contributed by atoms with van der Waals surface area (Å²) in [6, 6.07) is 6.44. The zero-order valence-electron chi connectivity index (χ0n) is 11.7. The molecule has 1 aromatic rings. The summed E-state index contributed by atoms with van der Waals surface area (Å²) in [6.45, 7) is 5.55. The number of fused-ring (bicyclic) bond motifs is 1. The number of benzene rings is 1. The fourth-order valence-corrected chi connectivity index (χ4v) is 2.21. The molecule has 1 aromatic carbocycles. The number of nitrogens with one attached hydrogen (secondary N) is 2. The maximum Gasteiger partial charge on any atom is 0.262 e. The van der Waals surface area contributed by atoms with E-state index in [-0.39, 0.29) is 12.5 Å². The van der Waals surface area contributed by atoms with E-state index in [0.29, 0.717) is 6.04 Å². The Morgan fingerprint density at radius 1 is 1.47 bits per heavy atom. The first kappa shape index (κ1) is 13.9. The Labute approximate surface area is 114 Å². The van der Waals surface area contributed by atoms with Gasteiger partial charge in [0.2, 0.25) is 0 Å². The second-order valence-corrected chi connectivity index (χ2v) is 5.08. The van der Waals surface area contributed by atoms with E-state index in [1.807, 2.05) is 12.1 Å². The molecule has 0 radical (unpaired) electrons. The molecule has 1 unspecified atom stereocenters. The quantitative estimate of drug-likeness (QED) is 0.774. The fourth-order valence-electron chi connectivity index (χ4n) is 2.21. The summed E-state index contributed by atoms with van der Waals surface area (Å²) in [5, 5.41) is 6.34. The van der Waals surface area contributed by atoms with Gasteiger partial charge in [-0.3, -0.25) is 4.79 Å². The van der Waals surface area contributed by atoms with Crippen LogP contribution in [0.25, 0.3) is 0 Å². The lowest BCUT2D eigenvalue weighted by Crippen LogP contribution is -2.29. The predicted molar refractivity (Wildman–Crippen MR) is 76.6 cm³/mol. The monoisotopic (exact) mass is 262 g/mol. The van der Waals surface area contributed by atoms with Crippen LogP contribution < -0.4 is 15.4 Å². The Morgan fingerprint density at radius 2 is 2.32 bits per heavy atom. The number of hydrogen-bond donors (Lipinski definition) is 2. The highest BCUT2D eigenvalue weighted by molar-refractivity contribution is 5.95. The summed E-state index contributed by atoms with van der Waals surface area (Å²) in [5.74, 6) is 0.675. The molecule has 0 aromatic heterocycles. The molecule has 1 aliphatic rings. The van der Waals surface area contributed by atoms with Crippen LogP contribution in [0.2, 0.25) is 0 Å². The summed E-state index contributed by atoms with van der Waals surface area (Å²) in [6.07, 6.45) is 3.37. The van der Waals surface area contributed by atoms with E-state index in [9.17, 15) is 4.79 Å². The maximum absolute atomic E-state index is 11.3. The van der Waals surface area contributed by atoms with Crippen LogP contribution in [-0.2, 0) is 11.2 Å². The van der Waals surface area contributed by atoms with Gasteiger partial charge in [0.05, 0.1) is 5.69 Å². The van der Waals surface area contributed by atoms with E-state index in [1.165, 1.54) is 18.4 Å². The Balaban J connectivity index is 1.94. The first-order valence-corrected chi connectivity index (χ1v) is 6.98. The van der Waals surface area contributed by atoms with E-state index in [1.54, 1.807) is 0 Å². The van der Waals surface area contributed by atoms with Crippen LogP contribution in [0.3, 0.4) is 0 Å². The van der Waals surface area contributed by atoms with Crippen LogP contribution in [0.4, 0.5) is 5.69 Å². The van der Waals surface area contributed by atoms with Gasteiger partial charge in [-0.2, -0.15) is 0 Å². The summed E-state index contributed by atoms with van der Waals surface area (Å²) in [7, 11) is 0. The third kappa shape index (κ3) is 3.96. The van der Waals surface area contributed by atoms with Gasteiger partial charge in [-0.15, -0.1) is 0 Å². The van der Waals surface area contributed by atoms with Crippen LogP contribution in [0.15, 0.2) is 18.2 Å². The molecule has 0 saturated carbocycles. The first-order valence-electron chi connectivity index (χ1n) is 6.98. The molecule has 2 rings (SSSR count). The van der Waals surface area contributed by atoms with E-state index in [0.717, 1.165) is 24.4 Å². The molecule has 4 heteroatoms. The Hall–Kier alpha value is -1.55. The Kier molecular flexibility index (Phi) is 4.80. The van der Waals surface area contributed by atoms with E-state index >= 15 is 0 Å². The molecule has 19 heavy (non-hydrogen) atoms. The third-order valence-corrected chi connectivity index (χ3v) is 3.24. The molecule has 0 fully saturated rings. The average molecular weight is 262 g/mol. The highest BCUT2D eigenvalue weighted by atomic mass is 16.5. The van der Waals surface area contributed by atoms with Gasteiger partial charge in [0.25, 0.3) is 5.91 Å². The average Bonchev–Trinajstić information content (AvgIpc) is 2.38. The van der Waals surface area contributed by atoms with Gasteiger partial charge in [-0.25, -0.2) is 0 Å². The molecule has 0 saturated heterocycles. The highest BCUT2D eigenvalue weighted by Crippen LogP contribution is 2.28. The van der Waals surface area contributed by atoms with Gasteiger partial charge in [0, 0.05) is 6.04 Å². The van der Waals surface area contributed by atoms with Crippen molar-refractivity contribution in [1.29, 1.82) is 0 Å². The summed E-state index contributed by atoms with van der Waals surface area (Å²) >= 11 is 0. The second kappa shape index (κ2) is 6.57. The first-order chi connectivity index (χ1) is 9.19. The van der Waals surface area contributed by atoms with Crippen molar-refractivity contribution in [3.05, 3.63) is 23.8 Å². The minimum absolute atomic E-state index is 0.0845. The van der Waals surface area contributed by atoms with Crippen molar-refractivity contribution in [3.8, 4) is 5.75 Å². The van der Waals surface area contributed by atoms with Gasteiger partial charge >= 0.3 is 0 Å². The molecule has 1 amide bonds. The summed E-state index contributed by atoms with van der Waals surface area (Å²) in [5.41, 5.74) is 2.00. The van der Waals surface area contributed by atoms with E-state index < -0.39 is 0 Å². The fraction of sp³-hybridized carbons (Fsp3) is 0.533. The molecular formula is C15H22N2O2. The van der Waals surface area contributed by atoms with Gasteiger partial charge in [-0.1, -0.05) is 19.4 Å². The standard InChI is InChI=1S/C15H22N2O2/c1-3-4-7-16-11(2)8-12-5-6-14-13(9-12)17-15(18)10-19-14/h5-6,9,11,16H,3-4,7-8,10H2,1-2H3,(H,17,18). The Bertz CT molecular complexity index is 446. The van der Waals surface area contributed by atoms with Gasteiger partial charge < -0.3 is 15.4 Å². The molecule has 1 heterocycles. The minimum Gasteiger partial charge on any atom is -0.482 e. The van der Waals surface area contributed by atoms with Crippen LogP contribution in [0.1, 0.15) is 32.3 Å². The second-order valence-electron chi connectivity index (χ2n) is 5.08. The molecule has 2 N–H and O–H groups in total. The van der Waals surface area contributed by atoms with Crippen LogP contribution in [-0.4, -0.2) is 25.1 Å². The lowest BCUT2D eigenvalue weighted by atomic mass is 10.1. The largest absolute Gasteiger partial charge is 0.482 e. The molecule has 4 nitrogen and oxygen atoms in total. The van der Waals surface area contributed by atoms with Crippen molar-refractivity contribution in [2.24, 2.45) is 0 Å². The molecule has 1 atom stereocenters. The number of amides is 1. The van der Waals surface area contributed by atoms with Crippen molar-refractivity contribution >= 4 is 11.6 Å². The number of hydrogen-bond acceptors (Lipinski definition) is 3. The van der Waals surface area contributed by atoms with E-state index in [2.05, 4.69) is 30.5 Å². The normalized spacial score (nSPS) is 15.4. The number of rotatable bonds is 6. The van der Waals surface area contributed by atoms with Crippen molar-refractivity contribution in [1.82, 2.24) is 5.32 Å². The minimum atomic E-state index is -0.0845. The topological polar surface area (TPSA) is 50.4 Å². The van der Waals surface area contributed by atoms with Gasteiger partial charge in [0.1, 0.15) is 5.75 Å². The SMILES string of the molecule is CCCCNC(C)Cc1ccc2c(c1)NC(=O)CO2. The van der Waals surface area contributed by atoms with Crippen molar-refractivity contribution in [2.45, 2.75) is 39.2 Å². The molecule has 0 bridgehead atoms. The third-order valence-electron chi connectivity index (χ3n) is 3.24. The van der Waals surface area contributed by atoms with Crippen LogP contribution in [0.5, 0.6) is 5.75 Å². The predicted octanol–water partition coefficient (Wildman–Crippen LogP) is 2.34. The smallest absolute Gasteiger partial charge is 0.262 e. The highest BCUT2D eigenvalue weighted by Gasteiger charge is 2.16. The summed E-state index contributed by atoms with van der Waals surface area (Å²) in [4.78, 5) is 11.3. The van der Waals surface area contributed by atoms with Crippen LogP contribution in [0, 0.1) is 0 Å². The van der Waals surface area contributed by atoms with Gasteiger partial charge in [-0.05, 0) is 44.0 Å². The Morgan fingerprint density at radius 3 is 3.11 bits per heavy atom. The van der Waals surface area contributed by atoms with Crippen LogP contribution >= 0.6 is 0 Å². The van der Waals surface area contributed by atoms with E-state index in [4.69, 9.17) is 4.74 Å². The van der Waals surface area contributed by atoms with Gasteiger partial charge in [0.15, 0.2) is 6.61 Å². The number of unbranched alkanes of at least 4 members (excludes halogenated alkanes) is 1. The number of carbonyl (C=O) groups excluding carboxylic acids is 1. The number of ether oxygens (including phenoxy) is 1. The number of anilines is 1. The molecule has 0 aliphatic carbocycles. The zero-order valence-corrected chi connectivity index (χ0v) is 11.7. The zero-order chi connectivity index (χ0) is 13.7. The maximum atomic E-state index is 11.3. The van der Waals surface area contributed by atoms with Crippen molar-refractivity contribution in [3.63, 3.8) is 0 Å².